The van der Waals surface area contributed by atoms with Crippen LogP contribution in [0.2, 0.25) is 0 Å². The fraction of sp³-hybridized carbons (Fsp3) is 0.419. The van der Waals surface area contributed by atoms with Crippen molar-refractivity contribution >= 4 is 42.7 Å². The molecule has 4 rings (SSSR count). The number of rotatable bonds is 16. The first-order valence-corrected chi connectivity index (χ1v) is 16.6. The van der Waals surface area contributed by atoms with Crippen molar-refractivity contribution in [2.45, 2.75) is 45.1 Å². The third kappa shape index (κ3) is 9.02. The van der Waals surface area contributed by atoms with Gasteiger partial charge in [-0.2, -0.15) is 4.31 Å². The van der Waals surface area contributed by atoms with Crippen molar-refractivity contribution in [2.24, 2.45) is 11.8 Å². The average Bonchev–Trinajstić information content (AvgIpc) is 3.67. The highest BCUT2D eigenvalue weighted by molar-refractivity contribution is 7.93. The Balaban J connectivity index is 1.52. The van der Waals surface area contributed by atoms with Crippen LogP contribution >= 0.6 is 11.3 Å². The predicted octanol–water partition coefficient (Wildman–Crippen LogP) is 5.72. The number of carbonyl (C=O) groups excluding carboxylic acids is 1. The monoisotopic (exact) mass is 625 g/mol. The van der Waals surface area contributed by atoms with Gasteiger partial charge in [-0.25, -0.2) is 18.4 Å². The van der Waals surface area contributed by atoms with Crippen LogP contribution in [0.3, 0.4) is 0 Å². The number of ether oxygens (including phenoxy) is 2. The van der Waals surface area contributed by atoms with Crippen LogP contribution in [0.15, 0.2) is 72.3 Å². The normalized spacial score (nSPS) is 15.4. The van der Waals surface area contributed by atoms with Crippen molar-refractivity contribution in [3.05, 3.63) is 78.0 Å². The Morgan fingerprint density at radius 2 is 2.02 bits per heavy atom. The number of aromatic nitrogens is 3. The van der Waals surface area contributed by atoms with E-state index in [2.05, 4.69) is 26.8 Å². The zero-order valence-electron chi connectivity index (χ0n) is 24.6. The third-order valence-corrected chi connectivity index (χ3v) is 10.1. The van der Waals surface area contributed by atoms with Gasteiger partial charge in [0, 0.05) is 31.8 Å². The van der Waals surface area contributed by atoms with E-state index in [0.29, 0.717) is 39.4 Å². The largest absolute Gasteiger partial charge is 0.481 e. The van der Waals surface area contributed by atoms with Gasteiger partial charge in [0.15, 0.2) is 5.13 Å². The number of amides is 1. The summed E-state index contributed by atoms with van der Waals surface area (Å²) in [5, 5.41) is 3.45. The van der Waals surface area contributed by atoms with Crippen molar-refractivity contribution in [3.63, 3.8) is 0 Å². The SMILES string of the molecule is C=C/C=C(\C=C/CC(CC1CCCC1)C(=O)Nc1nc2ccc(OC)nc2s1)S(=O)(=O)N(CCOC)Cc1ccccn1. The Morgan fingerprint density at radius 1 is 1.21 bits per heavy atom. The van der Waals surface area contributed by atoms with Crippen molar-refractivity contribution in [1.82, 2.24) is 19.3 Å². The molecular weight excluding hydrogens is 587 g/mol. The maximum absolute atomic E-state index is 13.8. The summed E-state index contributed by atoms with van der Waals surface area (Å²) in [5.41, 5.74) is 1.31. The predicted molar refractivity (Wildman–Crippen MR) is 170 cm³/mol. The number of allylic oxidation sites excluding steroid dienone is 4. The van der Waals surface area contributed by atoms with E-state index in [-0.39, 0.29) is 36.4 Å². The lowest BCUT2D eigenvalue weighted by Crippen LogP contribution is -2.34. The van der Waals surface area contributed by atoms with E-state index in [1.165, 1.54) is 34.9 Å². The summed E-state index contributed by atoms with van der Waals surface area (Å²) < 4.78 is 39.3. The maximum Gasteiger partial charge on any atom is 0.243 e. The molecule has 10 nitrogen and oxygen atoms in total. The van der Waals surface area contributed by atoms with Gasteiger partial charge in [0.05, 0.1) is 30.9 Å². The number of hydrogen-bond acceptors (Lipinski definition) is 9. The molecule has 0 aromatic carbocycles. The molecule has 0 saturated heterocycles. The van der Waals surface area contributed by atoms with Crippen LogP contribution in [0.5, 0.6) is 5.88 Å². The summed E-state index contributed by atoms with van der Waals surface area (Å²) in [5.74, 6) is 0.453. The van der Waals surface area contributed by atoms with E-state index in [1.54, 1.807) is 43.7 Å². The lowest BCUT2D eigenvalue weighted by atomic mass is 9.90. The van der Waals surface area contributed by atoms with E-state index >= 15 is 0 Å². The first-order chi connectivity index (χ1) is 20.8. The van der Waals surface area contributed by atoms with Crippen LogP contribution in [-0.2, 0) is 26.1 Å². The van der Waals surface area contributed by atoms with Crippen LogP contribution in [0, 0.1) is 11.8 Å². The van der Waals surface area contributed by atoms with Crippen LogP contribution in [0.1, 0.15) is 44.2 Å². The van der Waals surface area contributed by atoms with Gasteiger partial charge >= 0.3 is 0 Å². The van der Waals surface area contributed by atoms with E-state index in [9.17, 15) is 13.2 Å². The fourth-order valence-electron chi connectivity index (χ4n) is 5.12. The summed E-state index contributed by atoms with van der Waals surface area (Å²) in [6, 6.07) is 8.93. The number of anilines is 1. The Bertz CT molecular complexity index is 1530. The summed E-state index contributed by atoms with van der Waals surface area (Å²) in [6.45, 7) is 4.21. The molecule has 12 heteroatoms. The molecule has 1 aliphatic carbocycles. The zero-order valence-corrected chi connectivity index (χ0v) is 26.3. The number of carbonyl (C=O) groups is 1. The smallest absolute Gasteiger partial charge is 0.243 e. The number of sulfonamides is 1. The zero-order chi connectivity index (χ0) is 30.7. The second-order valence-electron chi connectivity index (χ2n) is 10.4. The van der Waals surface area contributed by atoms with Gasteiger partial charge < -0.3 is 14.8 Å². The van der Waals surface area contributed by atoms with Crippen LogP contribution in [-0.4, -0.2) is 61.0 Å². The lowest BCUT2D eigenvalue weighted by Gasteiger charge is -2.22. The Kier molecular flexibility index (Phi) is 12.0. The van der Waals surface area contributed by atoms with Crippen molar-refractivity contribution in [3.8, 4) is 5.88 Å². The van der Waals surface area contributed by atoms with Crippen LogP contribution < -0.4 is 10.1 Å². The Hall–Kier alpha value is -3.45. The molecule has 1 fully saturated rings. The van der Waals surface area contributed by atoms with Gasteiger partial charge in [-0.3, -0.25) is 9.78 Å². The molecule has 0 spiro atoms. The molecule has 0 aliphatic heterocycles. The maximum atomic E-state index is 13.8. The molecule has 1 N–H and O–H groups in total. The number of pyridine rings is 2. The molecule has 1 unspecified atom stereocenters. The number of hydrogen-bond donors (Lipinski definition) is 1. The van der Waals surface area contributed by atoms with Crippen LogP contribution in [0.25, 0.3) is 10.3 Å². The van der Waals surface area contributed by atoms with Crippen molar-refractivity contribution in [2.75, 3.05) is 32.7 Å². The van der Waals surface area contributed by atoms with Crippen LogP contribution in [0.4, 0.5) is 5.13 Å². The van der Waals surface area contributed by atoms with Crippen molar-refractivity contribution < 1.29 is 22.7 Å². The summed E-state index contributed by atoms with van der Waals surface area (Å²) in [7, 11) is -0.831. The number of methoxy groups -OCH3 is 2. The van der Waals surface area contributed by atoms with Gasteiger partial charge in [0.2, 0.25) is 21.8 Å². The molecule has 1 aliphatic rings. The van der Waals surface area contributed by atoms with E-state index in [0.717, 1.165) is 32.1 Å². The molecule has 1 amide bonds. The highest BCUT2D eigenvalue weighted by atomic mass is 32.2. The molecule has 3 aromatic heterocycles. The van der Waals surface area contributed by atoms with Gasteiger partial charge in [-0.15, -0.1) is 0 Å². The van der Waals surface area contributed by atoms with Gasteiger partial charge in [0.25, 0.3) is 0 Å². The second-order valence-corrected chi connectivity index (χ2v) is 13.3. The Morgan fingerprint density at radius 3 is 2.72 bits per heavy atom. The first-order valence-electron chi connectivity index (χ1n) is 14.3. The second kappa shape index (κ2) is 15.9. The minimum atomic E-state index is -3.92. The highest BCUT2D eigenvalue weighted by Gasteiger charge is 2.28. The van der Waals surface area contributed by atoms with Gasteiger partial charge in [-0.05, 0) is 49.1 Å². The molecule has 0 radical (unpaired) electrons. The molecule has 43 heavy (non-hydrogen) atoms. The number of fused-ring (bicyclic) bond motifs is 1. The topological polar surface area (TPSA) is 124 Å². The standard InChI is InChI=1S/C31H39N5O5S2/c1-4-10-26(43(38,39)36(19-20-40-2)22-25-14-7-8-18-32-25)15-9-13-24(21-23-11-5-6-12-23)29(37)35-31-33-27-16-17-28(41-3)34-30(27)42-31/h4,7-10,14-18,23-24H,1,5-6,11-13,19-22H2,2-3H3,(H,33,35,37)/b15-9-,26-10+. The van der Waals surface area contributed by atoms with E-state index < -0.39 is 10.0 Å². The average molecular weight is 626 g/mol. The number of thiazole rings is 1. The lowest BCUT2D eigenvalue weighted by molar-refractivity contribution is -0.120. The molecular formula is C31H39N5O5S2. The number of nitrogens with one attached hydrogen (secondary N) is 1. The summed E-state index contributed by atoms with van der Waals surface area (Å²) in [4.78, 5) is 27.5. The van der Waals surface area contributed by atoms with Gasteiger partial charge in [-0.1, -0.05) is 61.8 Å². The van der Waals surface area contributed by atoms with Crippen molar-refractivity contribution in [1.29, 1.82) is 0 Å². The fourth-order valence-corrected chi connectivity index (χ4v) is 7.41. The first kappa shape index (κ1) is 32.5. The quantitative estimate of drug-likeness (QED) is 0.200. The third-order valence-electron chi connectivity index (χ3n) is 7.36. The van der Waals surface area contributed by atoms with Gasteiger partial charge in [0.1, 0.15) is 10.3 Å². The molecule has 0 bridgehead atoms. The summed E-state index contributed by atoms with van der Waals surface area (Å²) in [6.07, 6.45) is 13.5. The molecule has 3 aromatic rings. The van der Waals surface area contributed by atoms with E-state index in [4.69, 9.17) is 9.47 Å². The Labute approximate surface area is 257 Å². The molecule has 1 saturated carbocycles. The van der Waals surface area contributed by atoms with E-state index in [1.807, 2.05) is 12.1 Å². The molecule has 230 valence electrons. The summed E-state index contributed by atoms with van der Waals surface area (Å²) >= 11 is 1.29. The minimum absolute atomic E-state index is 0.0840. The highest BCUT2D eigenvalue weighted by Crippen LogP contribution is 2.33. The molecule has 1 atom stereocenters. The molecule has 3 heterocycles. The minimum Gasteiger partial charge on any atom is -0.481 e. The number of nitrogens with zero attached hydrogens (tertiary/aromatic N) is 4.